The van der Waals surface area contributed by atoms with Crippen LogP contribution >= 0.6 is 0 Å². The van der Waals surface area contributed by atoms with Crippen molar-refractivity contribution in [3.63, 3.8) is 0 Å². The lowest BCUT2D eigenvalue weighted by atomic mass is 9.76. The van der Waals surface area contributed by atoms with Crippen molar-refractivity contribution < 1.29 is 28.4 Å². The first-order valence-electron chi connectivity index (χ1n) is 11.1. The van der Waals surface area contributed by atoms with Gasteiger partial charge < -0.3 is 24.7 Å². The van der Waals surface area contributed by atoms with Gasteiger partial charge >= 0.3 is 13.2 Å². The zero-order valence-corrected chi connectivity index (χ0v) is 19.6. The molecule has 2 heterocycles. The van der Waals surface area contributed by atoms with Gasteiger partial charge in [-0.2, -0.15) is 0 Å². The normalized spacial score (nSPS) is 18.5. The lowest BCUT2D eigenvalue weighted by molar-refractivity contribution is -0.112. The number of anilines is 1. The van der Waals surface area contributed by atoms with Crippen LogP contribution in [-0.4, -0.2) is 42.6 Å². The molecule has 2 N–H and O–H groups in total. The monoisotopic (exact) mass is 462 g/mol. The molecule has 2 aliphatic rings. The van der Waals surface area contributed by atoms with Crippen molar-refractivity contribution in [2.45, 2.75) is 45.5 Å². The summed E-state index contributed by atoms with van der Waals surface area (Å²) in [6, 6.07) is 14.5. The number of benzene rings is 2. The predicted octanol–water partition coefficient (Wildman–Crippen LogP) is 3.76. The Morgan fingerprint density at radius 1 is 1.03 bits per heavy atom. The summed E-state index contributed by atoms with van der Waals surface area (Å²) in [5, 5.41) is 5.30. The van der Waals surface area contributed by atoms with Crippen LogP contribution in [0.5, 0.6) is 0 Å². The highest BCUT2D eigenvalue weighted by Gasteiger charge is 2.52. The molecule has 0 bridgehead atoms. The molecule has 0 radical (unpaired) electrons. The van der Waals surface area contributed by atoms with E-state index < -0.39 is 36.1 Å². The van der Waals surface area contributed by atoms with Crippen molar-refractivity contribution in [2.75, 3.05) is 11.9 Å². The fraction of sp³-hybridized carbons (Fsp3) is 0.320. The Morgan fingerprint density at radius 2 is 1.71 bits per heavy atom. The van der Waals surface area contributed by atoms with E-state index in [0.717, 1.165) is 5.56 Å². The zero-order valence-electron chi connectivity index (χ0n) is 19.6. The number of carbonyl (C=O) groups is 3. The van der Waals surface area contributed by atoms with Gasteiger partial charge in [-0.1, -0.05) is 48.5 Å². The van der Waals surface area contributed by atoms with Gasteiger partial charge in [-0.25, -0.2) is 4.79 Å². The summed E-state index contributed by atoms with van der Waals surface area (Å²) < 4.78 is 17.7. The number of fused-ring (bicyclic) bond motifs is 1. The molecule has 8 nitrogen and oxygen atoms in total. The van der Waals surface area contributed by atoms with Gasteiger partial charge in [0, 0.05) is 6.54 Å². The third-order valence-corrected chi connectivity index (χ3v) is 6.32. The Kier molecular flexibility index (Phi) is 6.33. The van der Waals surface area contributed by atoms with Crippen molar-refractivity contribution >= 4 is 36.7 Å². The highest BCUT2D eigenvalue weighted by Crippen LogP contribution is 2.39. The molecule has 4 rings (SSSR count). The van der Waals surface area contributed by atoms with Crippen molar-refractivity contribution in [2.24, 2.45) is 0 Å². The van der Waals surface area contributed by atoms with Crippen LogP contribution in [0.1, 0.15) is 49.2 Å². The number of Topliss-reactive ketones (excluding diaryl/α,β-unsaturated/α-hetero) is 1. The van der Waals surface area contributed by atoms with Crippen LogP contribution in [0.3, 0.4) is 0 Å². The van der Waals surface area contributed by atoms with Gasteiger partial charge in [-0.05, 0) is 50.4 Å². The highest BCUT2D eigenvalue weighted by molar-refractivity contribution is 6.56. The van der Waals surface area contributed by atoms with E-state index in [2.05, 4.69) is 10.6 Å². The minimum Gasteiger partial charge on any atom is -0.445 e. The minimum absolute atomic E-state index is 0.0592. The van der Waals surface area contributed by atoms with E-state index in [1.165, 1.54) is 0 Å². The number of amides is 2. The highest BCUT2D eigenvalue weighted by atomic mass is 16.7. The van der Waals surface area contributed by atoms with Gasteiger partial charge in [0.15, 0.2) is 0 Å². The lowest BCUT2D eigenvalue weighted by Crippen LogP contribution is -2.41. The van der Waals surface area contributed by atoms with E-state index in [1.807, 2.05) is 58.0 Å². The average molecular weight is 462 g/mol. The second-order valence-corrected chi connectivity index (χ2v) is 9.28. The van der Waals surface area contributed by atoms with Gasteiger partial charge in [0.05, 0.1) is 22.5 Å². The quantitative estimate of drug-likeness (QED) is 0.501. The van der Waals surface area contributed by atoms with Crippen molar-refractivity contribution in [3.05, 3.63) is 70.7 Å². The Morgan fingerprint density at radius 3 is 2.38 bits per heavy atom. The number of ketones is 1. The summed E-state index contributed by atoms with van der Waals surface area (Å²) in [6.07, 6.45) is 1.12. The maximum Gasteiger partial charge on any atom is 0.492 e. The van der Waals surface area contributed by atoms with E-state index >= 15 is 0 Å². The van der Waals surface area contributed by atoms with Crippen LogP contribution in [0.25, 0.3) is 6.08 Å². The molecule has 2 aromatic rings. The molecular weight excluding hydrogens is 435 g/mol. The van der Waals surface area contributed by atoms with Crippen LogP contribution in [0.4, 0.5) is 10.5 Å². The van der Waals surface area contributed by atoms with Gasteiger partial charge in [0.1, 0.15) is 6.61 Å². The van der Waals surface area contributed by atoms with E-state index in [0.29, 0.717) is 16.7 Å². The topological polar surface area (TPSA) is 103 Å². The van der Waals surface area contributed by atoms with Crippen molar-refractivity contribution in [1.82, 2.24) is 5.32 Å². The van der Waals surface area contributed by atoms with E-state index in [4.69, 9.17) is 14.0 Å². The molecular formula is C25H27BN2O6. The average Bonchev–Trinajstić information content (AvgIpc) is 3.20. The molecule has 0 aromatic heterocycles. The molecule has 2 amide bonds. The minimum atomic E-state index is -0.768. The maximum atomic E-state index is 12.4. The number of alkyl carbamates (subject to hydrolysis) is 1. The predicted molar refractivity (Wildman–Crippen MR) is 128 cm³/mol. The number of hydrogen-bond donors (Lipinski definition) is 2. The fourth-order valence-corrected chi connectivity index (χ4v) is 3.69. The molecule has 9 heteroatoms. The second-order valence-electron chi connectivity index (χ2n) is 9.28. The molecule has 0 aliphatic carbocycles. The summed E-state index contributed by atoms with van der Waals surface area (Å²) >= 11 is 0. The Hall–Kier alpha value is -3.43. The number of ether oxygens (including phenoxy) is 1. The van der Waals surface area contributed by atoms with Crippen LogP contribution in [0.2, 0.25) is 0 Å². The van der Waals surface area contributed by atoms with Crippen LogP contribution in [-0.2, 0) is 25.4 Å². The number of hydrogen-bond acceptors (Lipinski definition) is 6. The number of carbonyl (C=O) groups excluding carboxylic acids is 3. The first-order chi connectivity index (χ1) is 16.1. The summed E-state index contributed by atoms with van der Waals surface area (Å²) in [6.45, 7) is 7.91. The maximum absolute atomic E-state index is 12.4. The van der Waals surface area contributed by atoms with Gasteiger partial charge in [0.25, 0.3) is 11.7 Å². The molecule has 2 aromatic carbocycles. The first kappa shape index (κ1) is 23.7. The smallest absolute Gasteiger partial charge is 0.445 e. The third kappa shape index (κ3) is 4.76. The zero-order chi connectivity index (χ0) is 24.5. The molecule has 0 spiro atoms. The first-order valence-corrected chi connectivity index (χ1v) is 11.1. The molecule has 176 valence electrons. The van der Waals surface area contributed by atoms with E-state index in [9.17, 15) is 14.4 Å². The van der Waals surface area contributed by atoms with Crippen LogP contribution in [0.15, 0.2) is 54.0 Å². The van der Waals surface area contributed by atoms with Gasteiger partial charge in [-0.3, -0.25) is 9.59 Å². The molecule has 0 saturated carbocycles. The number of nitrogens with one attached hydrogen (secondary N) is 2. The Bertz CT molecular complexity index is 1140. The molecule has 34 heavy (non-hydrogen) atoms. The third-order valence-electron chi connectivity index (χ3n) is 6.32. The molecule has 1 saturated heterocycles. The molecule has 1 fully saturated rings. The summed E-state index contributed by atoms with van der Waals surface area (Å²) in [4.78, 5) is 36.7. The van der Waals surface area contributed by atoms with Crippen LogP contribution in [0, 0.1) is 0 Å². The fourth-order valence-electron chi connectivity index (χ4n) is 3.69. The second kappa shape index (κ2) is 9.08. The van der Waals surface area contributed by atoms with Crippen LogP contribution < -0.4 is 10.6 Å². The summed E-state index contributed by atoms with van der Waals surface area (Å²) in [7, 11) is -0.768. The summed E-state index contributed by atoms with van der Waals surface area (Å²) in [5.74, 6) is -1.28. The van der Waals surface area contributed by atoms with Crippen molar-refractivity contribution in [1.29, 1.82) is 0 Å². The largest absolute Gasteiger partial charge is 0.492 e. The standard InChI is InChI=1S/C25H27BN2O6/c1-24(2)25(3,4)34-26(33-24)18(14-27-23(31)32-15-16-9-6-5-7-10-16)13-17-11-8-12-19-20(17)21(29)22(30)28-19/h5-13H,14-15H2,1-4H3,(H,27,31)(H,28,29,30). The lowest BCUT2D eigenvalue weighted by Gasteiger charge is -2.32. The SMILES string of the molecule is CC1(C)OB(C(=Cc2cccc3c2C(=O)C(=O)N3)CNC(=O)OCc2ccccc2)OC1(C)C. The van der Waals surface area contributed by atoms with Gasteiger partial charge in [0.2, 0.25) is 0 Å². The summed E-state index contributed by atoms with van der Waals surface area (Å²) in [5.41, 5.74) is 1.52. The molecule has 2 aliphatic heterocycles. The van der Waals surface area contributed by atoms with Gasteiger partial charge in [-0.15, -0.1) is 0 Å². The van der Waals surface area contributed by atoms with Crippen molar-refractivity contribution in [3.8, 4) is 0 Å². The molecule has 0 unspecified atom stereocenters. The van der Waals surface area contributed by atoms with E-state index in [-0.39, 0.29) is 18.7 Å². The van der Waals surface area contributed by atoms with E-state index in [1.54, 1.807) is 24.3 Å². The number of rotatable bonds is 6. The molecule has 0 atom stereocenters. The Balaban J connectivity index is 1.56. The Labute approximate surface area is 198 Å².